The highest BCUT2D eigenvalue weighted by molar-refractivity contribution is 5.90. The fourth-order valence-corrected chi connectivity index (χ4v) is 2.92. The Hall–Kier alpha value is -2.63. The molecule has 1 aromatic carbocycles. The Morgan fingerprint density at radius 2 is 2.00 bits per heavy atom. The summed E-state index contributed by atoms with van der Waals surface area (Å²) in [5, 5.41) is 11.8. The fourth-order valence-electron chi connectivity index (χ4n) is 2.92. The number of carboxylic acid groups (broad SMARTS) is 1. The van der Waals surface area contributed by atoms with Gasteiger partial charge in [-0.15, -0.1) is 0 Å². The highest BCUT2D eigenvalue weighted by atomic mass is 16.4. The van der Waals surface area contributed by atoms with Crippen LogP contribution in [0.1, 0.15) is 43.4 Å². The highest BCUT2D eigenvalue weighted by Crippen LogP contribution is 2.37. The SMILES string of the molecule is CC(=O)N1C=Cc2ccccc2C1CC(=O)NC1(C(=O)O)CC1. The maximum Gasteiger partial charge on any atom is 0.329 e. The van der Waals surface area contributed by atoms with Crippen LogP contribution in [0.3, 0.4) is 0 Å². The maximum atomic E-state index is 12.3. The van der Waals surface area contributed by atoms with Crippen LogP contribution in [0, 0.1) is 0 Å². The standard InChI is InChI=1S/C17H18N2O4/c1-11(20)19-9-6-12-4-2-3-5-13(12)14(19)10-15(21)18-17(7-8-17)16(22)23/h2-6,9,14H,7-8,10H2,1H3,(H,18,21)(H,22,23). The van der Waals surface area contributed by atoms with Gasteiger partial charge in [0.25, 0.3) is 0 Å². The molecule has 0 radical (unpaired) electrons. The molecule has 1 aliphatic carbocycles. The molecule has 2 amide bonds. The summed E-state index contributed by atoms with van der Waals surface area (Å²) in [5.41, 5.74) is 0.741. The lowest BCUT2D eigenvalue weighted by atomic mass is 9.93. The first-order valence-corrected chi connectivity index (χ1v) is 7.53. The van der Waals surface area contributed by atoms with Crippen LogP contribution >= 0.6 is 0 Å². The van der Waals surface area contributed by atoms with Crippen LogP contribution in [-0.2, 0) is 14.4 Å². The summed E-state index contributed by atoms with van der Waals surface area (Å²) in [6.07, 6.45) is 4.45. The topological polar surface area (TPSA) is 86.7 Å². The predicted octanol–water partition coefficient (Wildman–Crippen LogP) is 1.68. The first-order valence-electron chi connectivity index (χ1n) is 7.53. The second kappa shape index (κ2) is 5.53. The van der Waals surface area contributed by atoms with Crippen molar-refractivity contribution in [2.75, 3.05) is 0 Å². The van der Waals surface area contributed by atoms with Crippen molar-refractivity contribution in [1.82, 2.24) is 10.2 Å². The molecule has 1 fully saturated rings. The first kappa shape index (κ1) is 15.3. The van der Waals surface area contributed by atoms with Crippen molar-refractivity contribution in [2.45, 2.75) is 37.8 Å². The van der Waals surface area contributed by atoms with E-state index in [9.17, 15) is 14.4 Å². The molecule has 0 saturated heterocycles. The van der Waals surface area contributed by atoms with Crippen LogP contribution in [0.25, 0.3) is 6.08 Å². The first-order chi connectivity index (χ1) is 10.9. The van der Waals surface area contributed by atoms with Gasteiger partial charge in [0.1, 0.15) is 5.54 Å². The van der Waals surface area contributed by atoms with Gasteiger partial charge in [0, 0.05) is 13.1 Å². The third kappa shape index (κ3) is 2.84. The molecule has 1 unspecified atom stereocenters. The third-order valence-electron chi connectivity index (χ3n) is 4.39. The number of nitrogens with one attached hydrogen (secondary N) is 1. The monoisotopic (exact) mass is 314 g/mol. The number of aliphatic carboxylic acids is 1. The number of rotatable bonds is 4. The minimum absolute atomic E-state index is 0.0377. The molecule has 0 bridgehead atoms. The lowest BCUT2D eigenvalue weighted by Crippen LogP contribution is -2.44. The number of carbonyl (C=O) groups excluding carboxylic acids is 2. The summed E-state index contributed by atoms with van der Waals surface area (Å²) in [6, 6.07) is 7.15. The van der Waals surface area contributed by atoms with Gasteiger partial charge in [-0.2, -0.15) is 0 Å². The Balaban J connectivity index is 1.81. The van der Waals surface area contributed by atoms with Gasteiger partial charge in [-0.1, -0.05) is 24.3 Å². The van der Waals surface area contributed by atoms with Gasteiger partial charge in [0.05, 0.1) is 12.5 Å². The van der Waals surface area contributed by atoms with E-state index < -0.39 is 17.6 Å². The molecular formula is C17H18N2O4. The second-order valence-corrected chi connectivity index (χ2v) is 6.03. The van der Waals surface area contributed by atoms with E-state index in [-0.39, 0.29) is 18.2 Å². The summed E-state index contributed by atoms with van der Waals surface area (Å²) in [6.45, 7) is 1.45. The number of fused-ring (bicyclic) bond motifs is 1. The number of hydrogen-bond acceptors (Lipinski definition) is 3. The molecule has 1 saturated carbocycles. The summed E-state index contributed by atoms with van der Waals surface area (Å²) in [5.74, 6) is -1.52. The number of carbonyl (C=O) groups is 3. The normalized spacial score (nSPS) is 20.6. The number of benzene rings is 1. The molecule has 2 N–H and O–H groups in total. The molecule has 1 aromatic rings. The lowest BCUT2D eigenvalue weighted by molar-refractivity contribution is -0.143. The second-order valence-electron chi connectivity index (χ2n) is 6.03. The minimum Gasteiger partial charge on any atom is -0.480 e. The molecule has 0 spiro atoms. The maximum absolute atomic E-state index is 12.3. The quantitative estimate of drug-likeness (QED) is 0.885. The zero-order chi connectivity index (χ0) is 16.6. The van der Waals surface area contributed by atoms with E-state index in [2.05, 4.69) is 5.32 Å². The van der Waals surface area contributed by atoms with Crippen molar-refractivity contribution in [3.05, 3.63) is 41.6 Å². The average Bonchev–Trinajstić information content (AvgIpc) is 3.28. The van der Waals surface area contributed by atoms with Crippen LogP contribution in [0.4, 0.5) is 0 Å². The van der Waals surface area contributed by atoms with Gasteiger partial charge in [-0.05, 0) is 30.0 Å². The lowest BCUT2D eigenvalue weighted by Gasteiger charge is -2.32. The van der Waals surface area contributed by atoms with Gasteiger partial charge in [-0.3, -0.25) is 9.59 Å². The van der Waals surface area contributed by atoms with Crippen molar-refractivity contribution in [2.24, 2.45) is 0 Å². The van der Waals surface area contributed by atoms with E-state index in [1.54, 1.807) is 6.20 Å². The van der Waals surface area contributed by atoms with Crippen LogP contribution in [0.2, 0.25) is 0 Å². The Morgan fingerprint density at radius 3 is 2.61 bits per heavy atom. The molecule has 6 nitrogen and oxygen atoms in total. The van der Waals surface area contributed by atoms with Crippen LogP contribution in [0.15, 0.2) is 30.5 Å². The Labute approximate surface area is 133 Å². The van der Waals surface area contributed by atoms with E-state index in [1.165, 1.54) is 11.8 Å². The fraction of sp³-hybridized carbons (Fsp3) is 0.353. The van der Waals surface area contributed by atoms with Crippen molar-refractivity contribution in [1.29, 1.82) is 0 Å². The van der Waals surface area contributed by atoms with Crippen LogP contribution in [0.5, 0.6) is 0 Å². The Bertz CT molecular complexity index is 706. The number of hydrogen-bond donors (Lipinski definition) is 2. The summed E-state index contributed by atoms with van der Waals surface area (Å²) in [7, 11) is 0. The third-order valence-corrected chi connectivity index (χ3v) is 4.39. The largest absolute Gasteiger partial charge is 0.480 e. The molecule has 1 aliphatic heterocycles. The summed E-state index contributed by atoms with van der Waals surface area (Å²) < 4.78 is 0. The summed E-state index contributed by atoms with van der Waals surface area (Å²) in [4.78, 5) is 36.9. The van der Waals surface area contributed by atoms with E-state index in [0.717, 1.165) is 11.1 Å². The van der Waals surface area contributed by atoms with Gasteiger partial charge < -0.3 is 15.3 Å². The molecule has 120 valence electrons. The van der Waals surface area contributed by atoms with Gasteiger partial charge in [0.15, 0.2) is 0 Å². The Kier molecular flexibility index (Phi) is 3.67. The molecule has 23 heavy (non-hydrogen) atoms. The van der Waals surface area contributed by atoms with E-state index >= 15 is 0 Å². The van der Waals surface area contributed by atoms with Crippen molar-refractivity contribution >= 4 is 23.9 Å². The molecule has 1 atom stereocenters. The molecule has 6 heteroatoms. The average molecular weight is 314 g/mol. The summed E-state index contributed by atoms with van der Waals surface area (Å²) >= 11 is 0. The van der Waals surface area contributed by atoms with Crippen molar-refractivity contribution in [3.8, 4) is 0 Å². The van der Waals surface area contributed by atoms with Gasteiger partial charge in [0.2, 0.25) is 11.8 Å². The minimum atomic E-state index is -1.11. The van der Waals surface area contributed by atoms with E-state index in [4.69, 9.17) is 5.11 Å². The van der Waals surface area contributed by atoms with E-state index in [0.29, 0.717) is 12.8 Å². The molecular weight excluding hydrogens is 296 g/mol. The molecule has 3 rings (SSSR count). The van der Waals surface area contributed by atoms with Crippen molar-refractivity contribution in [3.63, 3.8) is 0 Å². The predicted molar refractivity (Wildman–Crippen MR) is 83.1 cm³/mol. The zero-order valence-electron chi connectivity index (χ0n) is 12.8. The molecule has 0 aromatic heterocycles. The number of nitrogens with zero attached hydrogens (tertiary/aromatic N) is 1. The molecule has 2 aliphatic rings. The number of carboxylic acids is 1. The van der Waals surface area contributed by atoms with E-state index in [1.807, 2.05) is 30.3 Å². The molecule has 1 heterocycles. The van der Waals surface area contributed by atoms with Crippen LogP contribution in [-0.4, -0.2) is 33.3 Å². The zero-order valence-corrected chi connectivity index (χ0v) is 12.8. The van der Waals surface area contributed by atoms with Crippen molar-refractivity contribution < 1.29 is 19.5 Å². The van der Waals surface area contributed by atoms with Gasteiger partial charge in [-0.25, -0.2) is 4.79 Å². The highest BCUT2D eigenvalue weighted by Gasteiger charge is 2.51. The number of amides is 2. The van der Waals surface area contributed by atoms with Gasteiger partial charge >= 0.3 is 5.97 Å². The van der Waals surface area contributed by atoms with Crippen LogP contribution < -0.4 is 5.32 Å². The smallest absolute Gasteiger partial charge is 0.329 e. The Morgan fingerprint density at radius 1 is 1.30 bits per heavy atom.